The van der Waals surface area contributed by atoms with Crippen molar-refractivity contribution in [3.8, 4) is 0 Å². The van der Waals surface area contributed by atoms with Gasteiger partial charge < -0.3 is 4.74 Å². The third-order valence-electron chi connectivity index (χ3n) is 3.86. The minimum atomic E-state index is -0.369. The van der Waals surface area contributed by atoms with E-state index in [1.165, 1.54) is 12.1 Å². The van der Waals surface area contributed by atoms with Gasteiger partial charge in [0, 0.05) is 6.61 Å². The molecule has 0 bridgehead atoms. The smallest absolute Gasteiger partial charge is 0.123 e. The number of hydrogen-bond donors (Lipinski definition) is 2. The minimum Gasteiger partial charge on any atom is -0.373 e. The van der Waals surface area contributed by atoms with Crippen LogP contribution in [0.5, 0.6) is 0 Å². The Kier molecular flexibility index (Phi) is 5.91. The topological polar surface area (TPSA) is 47.3 Å². The maximum atomic E-state index is 13.2. The monoisotopic (exact) mass is 268 g/mol. The second-order valence-electron chi connectivity index (χ2n) is 4.81. The molecule has 0 spiro atoms. The number of nitrogens with one attached hydrogen (secondary N) is 1. The number of hydrazine groups is 1. The molecule has 0 amide bonds. The highest BCUT2D eigenvalue weighted by Gasteiger charge is 2.37. The Labute approximate surface area is 115 Å². The molecule has 1 atom stereocenters. The summed E-state index contributed by atoms with van der Waals surface area (Å²) in [5.41, 5.74) is 4.36. The molecule has 0 fully saturated rings. The predicted octanol–water partition coefficient (Wildman–Crippen LogP) is 3.23. The van der Waals surface area contributed by atoms with Crippen molar-refractivity contribution in [3.63, 3.8) is 0 Å². The molecule has 0 aliphatic heterocycles. The van der Waals surface area contributed by atoms with E-state index in [2.05, 4.69) is 19.3 Å². The van der Waals surface area contributed by atoms with Gasteiger partial charge in [0.15, 0.2) is 0 Å². The SMILES string of the molecule is CCOC(CC)(CC)C(NN)c1ccc(F)cc1C. The summed E-state index contributed by atoms with van der Waals surface area (Å²) in [4.78, 5) is 0. The molecular formula is C15H25FN2O. The van der Waals surface area contributed by atoms with Gasteiger partial charge in [0.2, 0.25) is 0 Å². The van der Waals surface area contributed by atoms with Gasteiger partial charge in [-0.05, 0) is 49.9 Å². The van der Waals surface area contributed by atoms with E-state index >= 15 is 0 Å². The summed E-state index contributed by atoms with van der Waals surface area (Å²) in [6, 6.07) is 4.63. The molecule has 0 saturated heterocycles. The minimum absolute atomic E-state index is 0.150. The first-order valence-corrected chi connectivity index (χ1v) is 6.90. The van der Waals surface area contributed by atoms with E-state index in [4.69, 9.17) is 10.6 Å². The molecule has 0 radical (unpaired) electrons. The Hall–Kier alpha value is -0.970. The molecule has 0 saturated carbocycles. The van der Waals surface area contributed by atoms with E-state index in [0.717, 1.165) is 24.0 Å². The number of benzene rings is 1. The fourth-order valence-corrected chi connectivity index (χ4v) is 2.72. The van der Waals surface area contributed by atoms with Crippen molar-refractivity contribution in [2.45, 2.75) is 52.2 Å². The van der Waals surface area contributed by atoms with Crippen molar-refractivity contribution in [1.29, 1.82) is 0 Å². The Bertz CT molecular complexity index is 405. The largest absolute Gasteiger partial charge is 0.373 e. The highest BCUT2D eigenvalue weighted by Crippen LogP contribution is 2.36. The molecular weight excluding hydrogens is 243 g/mol. The summed E-state index contributed by atoms with van der Waals surface area (Å²) in [6.45, 7) is 8.67. The van der Waals surface area contributed by atoms with Gasteiger partial charge in [-0.25, -0.2) is 4.39 Å². The van der Waals surface area contributed by atoms with Crippen LogP contribution in [0.2, 0.25) is 0 Å². The molecule has 19 heavy (non-hydrogen) atoms. The van der Waals surface area contributed by atoms with Crippen LogP contribution in [-0.4, -0.2) is 12.2 Å². The lowest BCUT2D eigenvalue weighted by molar-refractivity contribution is -0.0735. The molecule has 0 aliphatic rings. The normalized spacial score (nSPS) is 13.6. The first-order chi connectivity index (χ1) is 9.04. The molecule has 0 aromatic heterocycles. The lowest BCUT2D eigenvalue weighted by Crippen LogP contribution is -2.48. The zero-order chi connectivity index (χ0) is 14.5. The number of aryl methyl sites for hydroxylation is 1. The summed E-state index contributed by atoms with van der Waals surface area (Å²) >= 11 is 0. The molecule has 0 aliphatic carbocycles. The summed E-state index contributed by atoms with van der Waals surface area (Å²) < 4.78 is 19.2. The van der Waals surface area contributed by atoms with Gasteiger partial charge in [-0.2, -0.15) is 0 Å². The molecule has 4 heteroatoms. The van der Waals surface area contributed by atoms with Crippen molar-refractivity contribution >= 4 is 0 Å². The van der Waals surface area contributed by atoms with Crippen LogP contribution in [0, 0.1) is 12.7 Å². The average molecular weight is 268 g/mol. The van der Waals surface area contributed by atoms with Gasteiger partial charge in [0.25, 0.3) is 0 Å². The number of halogens is 1. The first-order valence-electron chi connectivity index (χ1n) is 6.90. The summed E-state index contributed by atoms with van der Waals surface area (Å²) in [7, 11) is 0. The zero-order valence-corrected chi connectivity index (χ0v) is 12.3. The van der Waals surface area contributed by atoms with E-state index in [1.807, 2.05) is 13.8 Å². The lowest BCUT2D eigenvalue weighted by atomic mass is 9.82. The average Bonchev–Trinajstić information content (AvgIpc) is 2.40. The zero-order valence-electron chi connectivity index (χ0n) is 12.3. The maximum Gasteiger partial charge on any atom is 0.123 e. The Morgan fingerprint density at radius 2 is 1.95 bits per heavy atom. The molecule has 1 aromatic carbocycles. The van der Waals surface area contributed by atoms with E-state index < -0.39 is 0 Å². The Morgan fingerprint density at radius 1 is 1.32 bits per heavy atom. The third kappa shape index (κ3) is 3.32. The first kappa shape index (κ1) is 16.1. The second-order valence-corrected chi connectivity index (χ2v) is 4.81. The van der Waals surface area contributed by atoms with Crippen molar-refractivity contribution in [2.75, 3.05) is 6.61 Å². The summed E-state index contributed by atoms with van der Waals surface area (Å²) in [5.74, 6) is 5.53. The van der Waals surface area contributed by atoms with Crippen LogP contribution in [0.4, 0.5) is 4.39 Å². The van der Waals surface area contributed by atoms with Crippen LogP contribution < -0.4 is 11.3 Å². The lowest BCUT2D eigenvalue weighted by Gasteiger charge is -2.39. The molecule has 108 valence electrons. The second kappa shape index (κ2) is 6.98. The molecule has 1 aromatic rings. The predicted molar refractivity (Wildman–Crippen MR) is 76.1 cm³/mol. The van der Waals surface area contributed by atoms with Gasteiger partial charge in [-0.15, -0.1) is 0 Å². The highest BCUT2D eigenvalue weighted by molar-refractivity contribution is 5.31. The molecule has 1 unspecified atom stereocenters. The van der Waals surface area contributed by atoms with E-state index in [-0.39, 0.29) is 17.5 Å². The van der Waals surface area contributed by atoms with Crippen LogP contribution in [0.15, 0.2) is 18.2 Å². The number of ether oxygens (including phenoxy) is 1. The fourth-order valence-electron chi connectivity index (χ4n) is 2.72. The van der Waals surface area contributed by atoms with E-state index in [9.17, 15) is 4.39 Å². The number of rotatable bonds is 7. The van der Waals surface area contributed by atoms with Crippen molar-refractivity contribution in [1.82, 2.24) is 5.43 Å². The van der Waals surface area contributed by atoms with Crippen molar-refractivity contribution in [3.05, 3.63) is 35.1 Å². The summed E-state index contributed by atoms with van der Waals surface area (Å²) in [6.07, 6.45) is 1.67. The summed E-state index contributed by atoms with van der Waals surface area (Å²) in [5, 5.41) is 0. The molecule has 1 rings (SSSR count). The Balaban J connectivity index is 3.23. The molecule has 0 heterocycles. The quantitative estimate of drug-likeness (QED) is 0.589. The van der Waals surface area contributed by atoms with Gasteiger partial charge in [-0.1, -0.05) is 19.9 Å². The molecule has 3 N–H and O–H groups in total. The molecule has 3 nitrogen and oxygen atoms in total. The Morgan fingerprint density at radius 3 is 2.37 bits per heavy atom. The van der Waals surface area contributed by atoms with Gasteiger partial charge in [0.05, 0.1) is 11.6 Å². The highest BCUT2D eigenvalue weighted by atomic mass is 19.1. The standard InChI is InChI=1S/C15H25FN2O/c1-5-15(6-2,19-7-3)14(18-17)13-9-8-12(16)10-11(13)4/h8-10,14,18H,5-7,17H2,1-4H3. The van der Waals surface area contributed by atoms with Gasteiger partial charge in [-0.3, -0.25) is 11.3 Å². The van der Waals surface area contributed by atoms with Gasteiger partial charge >= 0.3 is 0 Å². The van der Waals surface area contributed by atoms with Gasteiger partial charge in [0.1, 0.15) is 5.82 Å². The van der Waals surface area contributed by atoms with Crippen LogP contribution in [0.25, 0.3) is 0 Å². The number of hydrogen-bond acceptors (Lipinski definition) is 3. The van der Waals surface area contributed by atoms with Crippen LogP contribution >= 0.6 is 0 Å². The van der Waals surface area contributed by atoms with Crippen LogP contribution in [0.3, 0.4) is 0 Å². The maximum absolute atomic E-state index is 13.2. The van der Waals surface area contributed by atoms with E-state index in [1.54, 1.807) is 6.07 Å². The third-order valence-corrected chi connectivity index (χ3v) is 3.86. The van der Waals surface area contributed by atoms with Crippen molar-refractivity contribution in [2.24, 2.45) is 5.84 Å². The van der Waals surface area contributed by atoms with Crippen LogP contribution in [-0.2, 0) is 4.74 Å². The fraction of sp³-hybridized carbons (Fsp3) is 0.600. The van der Waals surface area contributed by atoms with E-state index in [0.29, 0.717) is 6.61 Å². The number of nitrogens with two attached hydrogens (primary N) is 1. The van der Waals surface area contributed by atoms with Crippen LogP contribution in [0.1, 0.15) is 50.8 Å². The van der Waals surface area contributed by atoms with Crippen molar-refractivity contribution < 1.29 is 9.13 Å².